The number of amides is 1. The average molecular weight is 283 g/mol. The van der Waals surface area contributed by atoms with Gasteiger partial charge >= 0.3 is 5.97 Å². The van der Waals surface area contributed by atoms with E-state index in [1.807, 2.05) is 13.8 Å². The number of hydrogen-bond acceptors (Lipinski definition) is 2. The summed E-state index contributed by atoms with van der Waals surface area (Å²) in [5.41, 5.74) is 0. The summed E-state index contributed by atoms with van der Waals surface area (Å²) >= 11 is 0. The second-order valence-electron chi connectivity index (χ2n) is 6.48. The van der Waals surface area contributed by atoms with Crippen molar-refractivity contribution in [2.24, 2.45) is 11.8 Å². The van der Waals surface area contributed by atoms with Crippen LogP contribution < -0.4 is 5.32 Å². The van der Waals surface area contributed by atoms with Gasteiger partial charge in [-0.15, -0.1) is 0 Å². The van der Waals surface area contributed by atoms with Crippen LogP contribution in [0.5, 0.6) is 0 Å². The van der Waals surface area contributed by atoms with Gasteiger partial charge in [-0.05, 0) is 31.1 Å². The van der Waals surface area contributed by atoms with Gasteiger partial charge in [0.25, 0.3) is 0 Å². The van der Waals surface area contributed by atoms with Gasteiger partial charge in [-0.2, -0.15) is 0 Å². The summed E-state index contributed by atoms with van der Waals surface area (Å²) in [7, 11) is 0. The third kappa shape index (κ3) is 6.92. The Balaban J connectivity index is 2.21. The van der Waals surface area contributed by atoms with E-state index in [1.165, 1.54) is 32.1 Å². The predicted molar refractivity (Wildman–Crippen MR) is 79.4 cm³/mol. The summed E-state index contributed by atoms with van der Waals surface area (Å²) < 4.78 is 0. The van der Waals surface area contributed by atoms with Crippen molar-refractivity contribution in [1.29, 1.82) is 0 Å². The van der Waals surface area contributed by atoms with E-state index in [9.17, 15) is 9.59 Å². The lowest BCUT2D eigenvalue weighted by Crippen LogP contribution is -2.41. The minimum atomic E-state index is -0.931. The van der Waals surface area contributed by atoms with Gasteiger partial charge in [-0.3, -0.25) is 4.79 Å². The van der Waals surface area contributed by atoms with Crippen LogP contribution in [-0.4, -0.2) is 23.0 Å². The van der Waals surface area contributed by atoms with Gasteiger partial charge in [0, 0.05) is 6.42 Å². The highest BCUT2D eigenvalue weighted by Gasteiger charge is 2.21. The fourth-order valence-corrected chi connectivity index (χ4v) is 2.99. The van der Waals surface area contributed by atoms with E-state index in [-0.39, 0.29) is 11.8 Å². The highest BCUT2D eigenvalue weighted by molar-refractivity contribution is 5.83. The molecular formula is C16H29NO3. The van der Waals surface area contributed by atoms with Crippen molar-refractivity contribution in [1.82, 2.24) is 5.32 Å². The molecule has 1 amide bonds. The zero-order valence-electron chi connectivity index (χ0n) is 12.9. The molecule has 1 rings (SSSR count). The van der Waals surface area contributed by atoms with E-state index in [0.29, 0.717) is 12.8 Å². The van der Waals surface area contributed by atoms with Crippen molar-refractivity contribution in [2.75, 3.05) is 0 Å². The van der Waals surface area contributed by atoms with Crippen molar-refractivity contribution in [3.8, 4) is 0 Å². The molecule has 0 spiro atoms. The van der Waals surface area contributed by atoms with Gasteiger partial charge in [0.2, 0.25) is 5.91 Å². The third-order valence-corrected chi connectivity index (χ3v) is 4.08. The summed E-state index contributed by atoms with van der Waals surface area (Å²) in [6.07, 6.45) is 9.53. The molecule has 4 nitrogen and oxygen atoms in total. The van der Waals surface area contributed by atoms with E-state index in [1.54, 1.807) is 0 Å². The van der Waals surface area contributed by atoms with Gasteiger partial charge in [-0.25, -0.2) is 4.79 Å². The molecule has 2 N–H and O–H groups in total. The molecule has 1 fully saturated rings. The van der Waals surface area contributed by atoms with Crippen molar-refractivity contribution in [2.45, 2.75) is 77.7 Å². The summed E-state index contributed by atoms with van der Waals surface area (Å²) in [6, 6.07) is -0.739. The van der Waals surface area contributed by atoms with Crippen LogP contribution in [0, 0.1) is 11.8 Å². The van der Waals surface area contributed by atoms with Crippen molar-refractivity contribution in [3.05, 3.63) is 0 Å². The van der Waals surface area contributed by atoms with Gasteiger partial charge in [0.05, 0.1) is 0 Å². The number of carbonyl (C=O) groups is 2. The second-order valence-corrected chi connectivity index (χ2v) is 6.48. The SMILES string of the molecule is CC(C)C[C@H](NC(=O)CCCC1CCCCC1)C(=O)O. The van der Waals surface area contributed by atoms with Crippen molar-refractivity contribution < 1.29 is 14.7 Å². The van der Waals surface area contributed by atoms with Crippen LogP contribution in [0.1, 0.15) is 71.6 Å². The molecule has 0 radical (unpaired) electrons. The minimum Gasteiger partial charge on any atom is -0.480 e. The monoisotopic (exact) mass is 283 g/mol. The Kier molecular flexibility index (Phi) is 7.63. The lowest BCUT2D eigenvalue weighted by Gasteiger charge is -2.21. The summed E-state index contributed by atoms with van der Waals surface area (Å²) in [6.45, 7) is 3.93. The molecule has 1 aliphatic rings. The van der Waals surface area contributed by atoms with Crippen LogP contribution in [-0.2, 0) is 9.59 Å². The highest BCUT2D eigenvalue weighted by atomic mass is 16.4. The first-order chi connectivity index (χ1) is 9.49. The van der Waals surface area contributed by atoms with Crippen LogP contribution in [0.2, 0.25) is 0 Å². The molecule has 4 heteroatoms. The zero-order valence-corrected chi connectivity index (χ0v) is 12.9. The molecule has 0 heterocycles. The third-order valence-electron chi connectivity index (χ3n) is 4.08. The predicted octanol–water partition coefficient (Wildman–Crippen LogP) is 3.35. The number of nitrogens with one attached hydrogen (secondary N) is 1. The first-order valence-corrected chi connectivity index (χ1v) is 8.01. The van der Waals surface area contributed by atoms with Crippen LogP contribution in [0.3, 0.4) is 0 Å². The average Bonchev–Trinajstić information content (AvgIpc) is 2.38. The number of aliphatic carboxylic acids is 1. The Morgan fingerprint density at radius 1 is 1.20 bits per heavy atom. The molecule has 0 unspecified atom stereocenters. The van der Waals surface area contributed by atoms with E-state index in [0.717, 1.165) is 18.8 Å². The topological polar surface area (TPSA) is 66.4 Å². The lowest BCUT2D eigenvalue weighted by atomic mass is 9.86. The fourth-order valence-electron chi connectivity index (χ4n) is 2.99. The molecule has 1 atom stereocenters. The largest absolute Gasteiger partial charge is 0.480 e. The molecule has 0 aliphatic heterocycles. The molecule has 0 bridgehead atoms. The van der Waals surface area contributed by atoms with Gasteiger partial charge in [0.1, 0.15) is 6.04 Å². The van der Waals surface area contributed by atoms with Gasteiger partial charge in [-0.1, -0.05) is 46.0 Å². The molecular weight excluding hydrogens is 254 g/mol. The zero-order chi connectivity index (χ0) is 15.0. The molecule has 116 valence electrons. The maximum atomic E-state index is 11.8. The Bertz CT molecular complexity index is 309. The van der Waals surface area contributed by atoms with Crippen molar-refractivity contribution in [3.63, 3.8) is 0 Å². The molecule has 1 aliphatic carbocycles. The van der Waals surface area contributed by atoms with Gasteiger partial charge < -0.3 is 10.4 Å². The maximum Gasteiger partial charge on any atom is 0.326 e. The van der Waals surface area contributed by atoms with Crippen LogP contribution in [0.4, 0.5) is 0 Å². The Morgan fingerprint density at radius 2 is 1.85 bits per heavy atom. The molecule has 0 saturated heterocycles. The molecule has 20 heavy (non-hydrogen) atoms. The fraction of sp³-hybridized carbons (Fsp3) is 0.875. The first-order valence-electron chi connectivity index (χ1n) is 8.01. The van der Waals surface area contributed by atoms with Crippen LogP contribution in [0.25, 0.3) is 0 Å². The number of hydrogen-bond donors (Lipinski definition) is 2. The highest BCUT2D eigenvalue weighted by Crippen LogP contribution is 2.27. The van der Waals surface area contributed by atoms with E-state index in [4.69, 9.17) is 5.11 Å². The normalized spacial score (nSPS) is 17.9. The molecule has 0 aromatic heterocycles. The lowest BCUT2D eigenvalue weighted by molar-refractivity contribution is -0.142. The second kappa shape index (κ2) is 8.98. The summed E-state index contributed by atoms with van der Waals surface area (Å²) in [5.74, 6) is -0.00527. The number of carboxylic acid groups (broad SMARTS) is 1. The number of rotatable bonds is 8. The Hall–Kier alpha value is -1.06. The van der Waals surface area contributed by atoms with Crippen LogP contribution >= 0.6 is 0 Å². The minimum absolute atomic E-state index is 0.117. The standard InChI is InChI=1S/C16H29NO3/c1-12(2)11-14(16(19)20)17-15(18)10-6-9-13-7-4-3-5-8-13/h12-14H,3-11H2,1-2H3,(H,17,18)(H,19,20)/t14-/m0/s1. The smallest absolute Gasteiger partial charge is 0.326 e. The van der Waals surface area contributed by atoms with Crippen LogP contribution in [0.15, 0.2) is 0 Å². The van der Waals surface area contributed by atoms with Gasteiger partial charge in [0.15, 0.2) is 0 Å². The quantitative estimate of drug-likeness (QED) is 0.718. The Labute approximate surface area is 122 Å². The summed E-state index contributed by atoms with van der Waals surface area (Å²) in [4.78, 5) is 22.9. The van der Waals surface area contributed by atoms with E-state index < -0.39 is 12.0 Å². The van der Waals surface area contributed by atoms with E-state index >= 15 is 0 Å². The van der Waals surface area contributed by atoms with Crippen molar-refractivity contribution >= 4 is 11.9 Å². The summed E-state index contributed by atoms with van der Waals surface area (Å²) in [5, 5.41) is 11.7. The molecule has 0 aromatic carbocycles. The number of carboxylic acids is 1. The first kappa shape index (κ1) is 17.0. The van der Waals surface area contributed by atoms with E-state index in [2.05, 4.69) is 5.32 Å². The molecule has 0 aromatic rings. The number of carbonyl (C=O) groups excluding carboxylic acids is 1. The molecule has 1 saturated carbocycles. The Morgan fingerprint density at radius 3 is 2.40 bits per heavy atom. The maximum absolute atomic E-state index is 11.8.